The van der Waals surface area contributed by atoms with Gasteiger partial charge in [-0.1, -0.05) is 31.6 Å². The number of aryl methyl sites for hydroxylation is 1. The fourth-order valence-corrected chi connectivity index (χ4v) is 4.05. The lowest BCUT2D eigenvalue weighted by Crippen LogP contribution is -2.28. The lowest BCUT2D eigenvalue weighted by atomic mass is 9.80. The molecule has 6 nitrogen and oxygen atoms in total. The summed E-state index contributed by atoms with van der Waals surface area (Å²) in [5.41, 5.74) is 0.655. The minimum absolute atomic E-state index is 0.176. The van der Waals surface area contributed by atoms with E-state index in [1.807, 2.05) is 13.0 Å². The number of carbonyl (C=O) groups is 2. The second-order valence-corrected chi connectivity index (χ2v) is 8.34. The van der Waals surface area contributed by atoms with Crippen LogP contribution in [0.3, 0.4) is 0 Å². The maximum atomic E-state index is 13.9. The quantitative estimate of drug-likeness (QED) is 0.299. The van der Waals surface area contributed by atoms with Gasteiger partial charge in [-0.15, -0.1) is 0 Å². The van der Waals surface area contributed by atoms with Gasteiger partial charge in [0.2, 0.25) is 6.41 Å². The van der Waals surface area contributed by atoms with Crippen molar-refractivity contribution in [2.75, 3.05) is 11.4 Å². The first-order valence-corrected chi connectivity index (χ1v) is 11.1. The Hall–Kier alpha value is -3.29. The van der Waals surface area contributed by atoms with Crippen molar-refractivity contribution in [3.05, 3.63) is 66.1 Å². The van der Waals surface area contributed by atoms with Crippen LogP contribution in [0.25, 0.3) is 0 Å². The van der Waals surface area contributed by atoms with Crippen molar-refractivity contribution >= 4 is 24.3 Å². The minimum atomic E-state index is -3.26. The van der Waals surface area contributed by atoms with Crippen molar-refractivity contribution in [2.45, 2.75) is 45.0 Å². The highest BCUT2D eigenvalue weighted by Crippen LogP contribution is 2.31. The van der Waals surface area contributed by atoms with E-state index in [1.165, 1.54) is 17.0 Å². The molecule has 8 heteroatoms. The molecule has 2 aromatic heterocycles. The third kappa shape index (κ3) is 6.60. The van der Waals surface area contributed by atoms with Gasteiger partial charge in [0, 0.05) is 18.5 Å². The van der Waals surface area contributed by atoms with Gasteiger partial charge < -0.3 is 0 Å². The molecule has 0 aliphatic heterocycles. The number of amides is 2. The molecule has 0 bridgehead atoms. The van der Waals surface area contributed by atoms with Crippen LogP contribution < -0.4 is 4.90 Å². The highest BCUT2D eigenvalue weighted by molar-refractivity contribution is 5.97. The van der Waals surface area contributed by atoms with Gasteiger partial charge in [-0.05, 0) is 68.4 Å². The Labute approximate surface area is 192 Å². The van der Waals surface area contributed by atoms with Crippen LogP contribution in [0.5, 0.6) is 0 Å². The van der Waals surface area contributed by atoms with Crippen LogP contribution in [0.4, 0.5) is 14.6 Å². The maximum Gasteiger partial charge on any atom is 0.307 e. The average Bonchev–Trinajstić information content (AvgIpc) is 2.83. The molecule has 174 valence electrons. The van der Waals surface area contributed by atoms with Gasteiger partial charge >= 0.3 is 5.92 Å². The van der Waals surface area contributed by atoms with E-state index in [-0.39, 0.29) is 17.6 Å². The Morgan fingerprint density at radius 3 is 2.76 bits per heavy atom. The first kappa shape index (κ1) is 24.4. The zero-order valence-electron chi connectivity index (χ0n) is 18.7. The number of hydrogen-bond acceptors (Lipinski definition) is 4. The number of carbonyl (C=O) groups excluding carboxylic acids is 2. The summed E-state index contributed by atoms with van der Waals surface area (Å²) in [6.45, 7) is 5.35. The molecule has 1 saturated carbocycles. The monoisotopic (exact) mass is 454 g/mol. The van der Waals surface area contributed by atoms with E-state index < -0.39 is 11.6 Å². The van der Waals surface area contributed by atoms with Gasteiger partial charge in [-0.3, -0.25) is 14.5 Å². The predicted octanol–water partition coefficient (Wildman–Crippen LogP) is 5.13. The fraction of sp³-hybridized carbons (Fsp3) is 0.400. The van der Waals surface area contributed by atoms with Crippen LogP contribution >= 0.6 is 0 Å². The summed E-state index contributed by atoms with van der Waals surface area (Å²) in [7, 11) is 0. The average molecular weight is 455 g/mol. The number of halogens is 2. The first-order chi connectivity index (χ1) is 15.8. The van der Waals surface area contributed by atoms with Crippen molar-refractivity contribution in [3.63, 3.8) is 0 Å². The molecule has 1 fully saturated rings. The van der Waals surface area contributed by atoms with Crippen LogP contribution in [0.1, 0.15) is 54.0 Å². The van der Waals surface area contributed by atoms with Gasteiger partial charge in [0.25, 0.3) is 5.91 Å². The molecule has 0 N–H and O–H groups in total. The van der Waals surface area contributed by atoms with Crippen LogP contribution in [0.2, 0.25) is 0 Å². The Balaban J connectivity index is 1.57. The molecule has 1 aliphatic carbocycles. The first-order valence-electron chi connectivity index (χ1n) is 11.1. The fourth-order valence-electron chi connectivity index (χ4n) is 4.05. The molecule has 2 atom stereocenters. The zero-order chi connectivity index (χ0) is 23.8. The number of allylic oxidation sites excluding steroid dienone is 1. The summed E-state index contributed by atoms with van der Waals surface area (Å²) in [4.78, 5) is 37.5. The number of anilines is 1. The Morgan fingerprint density at radius 2 is 2.03 bits per heavy atom. The van der Waals surface area contributed by atoms with E-state index in [0.29, 0.717) is 37.1 Å². The number of hydrogen-bond donors (Lipinski definition) is 0. The van der Waals surface area contributed by atoms with Gasteiger partial charge in [-0.2, -0.15) is 8.78 Å². The summed E-state index contributed by atoms with van der Waals surface area (Å²) >= 11 is 0. The standard InChI is InChI=1S/C25H28F2N4O2/c1-3-25(26,27)22-11-6-12-23(30-22)31(17-32)14-13-19-8-5-9-20(15-19)16-28-24(33)21-10-4-7-18(2)29-21/h3-4,6-7,10-12,16-17,19-20H,1,5,8-9,13-15H2,2H3. The zero-order valence-corrected chi connectivity index (χ0v) is 18.7. The predicted molar refractivity (Wildman–Crippen MR) is 124 cm³/mol. The number of rotatable bonds is 9. The number of alkyl halides is 2. The molecule has 33 heavy (non-hydrogen) atoms. The third-order valence-electron chi connectivity index (χ3n) is 5.87. The molecule has 2 heterocycles. The molecule has 1 aliphatic rings. The molecule has 0 spiro atoms. The van der Waals surface area contributed by atoms with Crippen LogP contribution in [0, 0.1) is 18.8 Å². The van der Waals surface area contributed by atoms with Crippen molar-refractivity contribution in [3.8, 4) is 0 Å². The van der Waals surface area contributed by atoms with E-state index in [2.05, 4.69) is 21.5 Å². The van der Waals surface area contributed by atoms with E-state index in [0.717, 1.165) is 31.4 Å². The lowest BCUT2D eigenvalue weighted by molar-refractivity contribution is -0.107. The summed E-state index contributed by atoms with van der Waals surface area (Å²) in [6.07, 6.45) is 7.39. The number of aliphatic imine (C=N–C) groups is 1. The normalized spacial score (nSPS) is 18.8. The highest BCUT2D eigenvalue weighted by Gasteiger charge is 2.29. The van der Waals surface area contributed by atoms with Gasteiger partial charge in [-0.25, -0.2) is 15.0 Å². The highest BCUT2D eigenvalue weighted by atomic mass is 19.3. The smallest absolute Gasteiger partial charge is 0.299 e. The Kier molecular flexibility index (Phi) is 8.14. The summed E-state index contributed by atoms with van der Waals surface area (Å²) in [5, 5.41) is 0. The molecular formula is C25H28F2N4O2. The molecule has 2 aromatic rings. The molecule has 2 amide bonds. The number of pyridine rings is 2. The lowest BCUT2D eigenvalue weighted by Gasteiger charge is -2.28. The molecular weight excluding hydrogens is 426 g/mol. The Morgan fingerprint density at radius 1 is 1.24 bits per heavy atom. The van der Waals surface area contributed by atoms with Crippen LogP contribution in [-0.2, 0) is 10.7 Å². The van der Waals surface area contributed by atoms with Gasteiger partial charge in [0.15, 0.2) is 0 Å². The van der Waals surface area contributed by atoms with Crippen molar-refractivity contribution in [2.24, 2.45) is 16.8 Å². The molecule has 3 rings (SSSR count). The third-order valence-corrected chi connectivity index (χ3v) is 5.87. The molecule has 0 saturated heterocycles. The second kappa shape index (κ2) is 11.0. The van der Waals surface area contributed by atoms with Crippen LogP contribution in [0.15, 0.2) is 54.0 Å². The van der Waals surface area contributed by atoms with Crippen molar-refractivity contribution in [1.29, 1.82) is 0 Å². The SMILES string of the molecule is C=CC(F)(F)c1cccc(N(C=O)CCC2CCCC(C=NC(=O)c3cccc(C)n3)C2)n1. The van der Waals surface area contributed by atoms with Crippen LogP contribution in [-0.4, -0.2) is 35.0 Å². The number of aromatic nitrogens is 2. The largest absolute Gasteiger partial charge is 0.307 e. The van der Waals surface area contributed by atoms with E-state index in [4.69, 9.17) is 0 Å². The molecule has 0 radical (unpaired) electrons. The van der Waals surface area contributed by atoms with Gasteiger partial charge in [0.1, 0.15) is 17.2 Å². The van der Waals surface area contributed by atoms with Crippen molar-refractivity contribution < 1.29 is 18.4 Å². The topological polar surface area (TPSA) is 75.5 Å². The molecule has 2 unspecified atom stereocenters. The van der Waals surface area contributed by atoms with E-state index in [9.17, 15) is 18.4 Å². The summed E-state index contributed by atoms with van der Waals surface area (Å²) in [6, 6.07) is 9.47. The number of nitrogens with zero attached hydrogens (tertiary/aromatic N) is 4. The summed E-state index contributed by atoms with van der Waals surface area (Å²) in [5.74, 6) is -2.91. The molecule has 0 aromatic carbocycles. The van der Waals surface area contributed by atoms with Gasteiger partial charge in [0.05, 0.1) is 0 Å². The van der Waals surface area contributed by atoms with E-state index in [1.54, 1.807) is 24.4 Å². The maximum absolute atomic E-state index is 13.9. The minimum Gasteiger partial charge on any atom is -0.299 e. The summed E-state index contributed by atoms with van der Waals surface area (Å²) < 4.78 is 27.8. The second-order valence-electron chi connectivity index (χ2n) is 8.34. The van der Waals surface area contributed by atoms with Crippen molar-refractivity contribution in [1.82, 2.24) is 9.97 Å². The van der Waals surface area contributed by atoms with E-state index >= 15 is 0 Å². The Bertz CT molecular complexity index is 1020.